The Hall–Kier alpha value is -3.35. The van der Waals surface area contributed by atoms with Crippen LogP contribution in [0.1, 0.15) is 21.6 Å². The molecule has 1 aromatic carbocycles. The highest BCUT2D eigenvalue weighted by atomic mass is 16.5. The van der Waals surface area contributed by atoms with Gasteiger partial charge in [-0.1, -0.05) is 12.1 Å². The number of aromatic nitrogens is 2. The van der Waals surface area contributed by atoms with E-state index in [2.05, 4.69) is 4.98 Å². The molecule has 0 saturated heterocycles. The van der Waals surface area contributed by atoms with Crippen molar-refractivity contribution >= 4 is 11.6 Å². The molecule has 0 aliphatic heterocycles. The van der Waals surface area contributed by atoms with Crippen molar-refractivity contribution < 1.29 is 19.0 Å². The van der Waals surface area contributed by atoms with Crippen molar-refractivity contribution in [2.75, 3.05) is 14.2 Å². The summed E-state index contributed by atoms with van der Waals surface area (Å²) < 4.78 is 17.2. The highest BCUT2D eigenvalue weighted by Gasteiger charge is 2.18. The molecule has 0 N–H and O–H groups in total. The number of rotatable bonds is 5. The third-order valence-electron chi connectivity index (χ3n) is 3.83. The molecule has 134 valence electrons. The molecule has 0 spiro atoms. The number of para-hydroxylation sites is 1. The number of carbonyl (C=O) groups is 1. The average Bonchev–Trinajstić information content (AvgIpc) is 2.65. The van der Waals surface area contributed by atoms with Crippen LogP contribution in [0.4, 0.5) is 0 Å². The van der Waals surface area contributed by atoms with E-state index < -0.39 is 5.97 Å². The number of esters is 1. The lowest BCUT2D eigenvalue weighted by Gasteiger charge is -2.12. The van der Waals surface area contributed by atoms with E-state index in [9.17, 15) is 9.59 Å². The number of aryl methyl sites for hydroxylation is 1. The Balaban J connectivity index is 1.83. The lowest BCUT2D eigenvalue weighted by Crippen LogP contribution is -2.17. The van der Waals surface area contributed by atoms with Crippen LogP contribution in [0, 0.1) is 6.92 Å². The smallest absolute Gasteiger partial charge is 0.342 e. The van der Waals surface area contributed by atoms with Crippen LogP contribution in [0.25, 0.3) is 5.65 Å². The van der Waals surface area contributed by atoms with Crippen molar-refractivity contribution in [3.05, 3.63) is 69.8 Å². The molecule has 0 radical (unpaired) electrons. The first-order chi connectivity index (χ1) is 12.5. The van der Waals surface area contributed by atoms with Gasteiger partial charge in [0.1, 0.15) is 17.8 Å². The number of pyridine rings is 1. The first-order valence-corrected chi connectivity index (χ1v) is 7.90. The van der Waals surface area contributed by atoms with Gasteiger partial charge in [-0.25, -0.2) is 9.78 Å². The molecule has 2 aromatic heterocycles. The minimum Gasteiger partial charge on any atom is -0.493 e. The van der Waals surface area contributed by atoms with Crippen molar-refractivity contribution in [1.29, 1.82) is 0 Å². The van der Waals surface area contributed by atoms with Gasteiger partial charge in [-0.3, -0.25) is 9.20 Å². The second-order valence-electron chi connectivity index (χ2n) is 5.64. The zero-order valence-electron chi connectivity index (χ0n) is 14.7. The van der Waals surface area contributed by atoms with Crippen LogP contribution >= 0.6 is 0 Å². The van der Waals surface area contributed by atoms with Crippen LogP contribution in [0.3, 0.4) is 0 Å². The standard InChI is InChI=1S/C19H18N2O5/c1-12-7-8-16-20-13(9-17(22)21(16)10-12)11-26-19(23)14-5-4-6-15(24-2)18(14)25-3/h4-10H,11H2,1-3H3. The first-order valence-electron chi connectivity index (χ1n) is 7.90. The fourth-order valence-electron chi connectivity index (χ4n) is 2.60. The minimum absolute atomic E-state index is 0.126. The molecule has 0 unspecified atom stereocenters. The van der Waals surface area contributed by atoms with Gasteiger partial charge in [0, 0.05) is 12.3 Å². The molecular weight excluding hydrogens is 336 g/mol. The molecule has 0 saturated carbocycles. The molecule has 7 heteroatoms. The fraction of sp³-hybridized carbons (Fsp3) is 0.211. The quantitative estimate of drug-likeness (QED) is 0.655. The largest absolute Gasteiger partial charge is 0.493 e. The summed E-state index contributed by atoms with van der Waals surface area (Å²) in [4.78, 5) is 28.9. The maximum atomic E-state index is 12.4. The minimum atomic E-state index is -0.591. The van der Waals surface area contributed by atoms with Crippen LogP contribution in [0.2, 0.25) is 0 Å². The highest BCUT2D eigenvalue weighted by molar-refractivity contribution is 5.93. The summed E-state index contributed by atoms with van der Waals surface area (Å²) >= 11 is 0. The Morgan fingerprint density at radius 3 is 2.69 bits per heavy atom. The second kappa shape index (κ2) is 7.26. The second-order valence-corrected chi connectivity index (χ2v) is 5.64. The Morgan fingerprint density at radius 1 is 1.15 bits per heavy atom. The summed E-state index contributed by atoms with van der Waals surface area (Å²) in [6.45, 7) is 1.77. The molecule has 3 aromatic rings. The van der Waals surface area contributed by atoms with Gasteiger partial charge in [0.25, 0.3) is 5.56 Å². The van der Waals surface area contributed by atoms with E-state index in [0.717, 1.165) is 5.56 Å². The van der Waals surface area contributed by atoms with Crippen molar-refractivity contribution in [2.45, 2.75) is 13.5 Å². The molecule has 0 atom stereocenters. The number of hydrogen-bond acceptors (Lipinski definition) is 6. The Morgan fingerprint density at radius 2 is 1.96 bits per heavy atom. The average molecular weight is 354 g/mol. The summed E-state index contributed by atoms with van der Waals surface area (Å²) in [5.41, 5.74) is 1.82. The maximum Gasteiger partial charge on any atom is 0.342 e. The summed E-state index contributed by atoms with van der Waals surface area (Å²) in [7, 11) is 2.93. The molecule has 0 amide bonds. The van der Waals surface area contributed by atoms with E-state index >= 15 is 0 Å². The number of methoxy groups -OCH3 is 2. The van der Waals surface area contributed by atoms with Crippen LogP contribution in [0.15, 0.2) is 47.4 Å². The van der Waals surface area contributed by atoms with Crippen molar-refractivity contribution in [3.63, 3.8) is 0 Å². The predicted molar refractivity (Wildman–Crippen MR) is 94.9 cm³/mol. The third-order valence-corrected chi connectivity index (χ3v) is 3.83. The van der Waals surface area contributed by atoms with Gasteiger partial charge in [0.15, 0.2) is 11.5 Å². The summed E-state index contributed by atoms with van der Waals surface area (Å²) in [5.74, 6) is 0.132. The third kappa shape index (κ3) is 3.37. The maximum absolute atomic E-state index is 12.4. The molecule has 2 heterocycles. The number of carbonyl (C=O) groups excluding carboxylic acids is 1. The number of hydrogen-bond donors (Lipinski definition) is 0. The van der Waals surface area contributed by atoms with Gasteiger partial charge in [-0.15, -0.1) is 0 Å². The SMILES string of the molecule is COc1cccc(C(=O)OCc2cc(=O)n3cc(C)ccc3n2)c1OC. The normalized spacial score (nSPS) is 10.6. The van der Waals surface area contributed by atoms with E-state index in [1.807, 2.05) is 13.0 Å². The van der Waals surface area contributed by atoms with Crippen molar-refractivity contribution in [2.24, 2.45) is 0 Å². The first kappa shape index (κ1) is 17.5. The zero-order chi connectivity index (χ0) is 18.7. The number of fused-ring (bicyclic) bond motifs is 1. The van der Waals surface area contributed by atoms with Crippen molar-refractivity contribution in [3.8, 4) is 11.5 Å². The summed E-state index contributed by atoms with van der Waals surface area (Å²) in [5, 5.41) is 0. The summed E-state index contributed by atoms with van der Waals surface area (Å²) in [6, 6.07) is 9.88. The van der Waals surface area contributed by atoms with E-state index in [1.165, 1.54) is 24.7 Å². The van der Waals surface area contributed by atoms with E-state index in [1.54, 1.807) is 30.5 Å². The molecule has 0 bridgehead atoms. The molecule has 3 rings (SSSR count). The lowest BCUT2D eigenvalue weighted by molar-refractivity contribution is 0.0463. The van der Waals surface area contributed by atoms with Gasteiger partial charge >= 0.3 is 5.97 Å². The van der Waals surface area contributed by atoms with Gasteiger partial charge in [-0.2, -0.15) is 0 Å². The summed E-state index contributed by atoms with van der Waals surface area (Å²) in [6.07, 6.45) is 1.71. The zero-order valence-corrected chi connectivity index (χ0v) is 14.7. The highest BCUT2D eigenvalue weighted by Crippen LogP contribution is 2.31. The van der Waals surface area contributed by atoms with Gasteiger partial charge < -0.3 is 14.2 Å². The van der Waals surface area contributed by atoms with E-state index in [0.29, 0.717) is 22.8 Å². The fourth-order valence-corrected chi connectivity index (χ4v) is 2.60. The number of nitrogens with zero attached hydrogens (tertiary/aromatic N) is 2. The molecule has 0 aliphatic carbocycles. The van der Waals surface area contributed by atoms with Gasteiger partial charge in [0.05, 0.1) is 19.9 Å². The van der Waals surface area contributed by atoms with Crippen molar-refractivity contribution in [1.82, 2.24) is 9.38 Å². The Kier molecular flexibility index (Phi) is 4.88. The monoisotopic (exact) mass is 354 g/mol. The van der Waals surface area contributed by atoms with Crippen LogP contribution in [-0.2, 0) is 11.3 Å². The number of benzene rings is 1. The van der Waals surface area contributed by atoms with Crippen LogP contribution in [0.5, 0.6) is 11.5 Å². The molecule has 0 fully saturated rings. The van der Waals surface area contributed by atoms with Crippen LogP contribution in [-0.4, -0.2) is 29.6 Å². The van der Waals surface area contributed by atoms with Gasteiger partial charge in [0.2, 0.25) is 0 Å². The Labute approximate surface area is 149 Å². The lowest BCUT2D eigenvalue weighted by atomic mass is 10.2. The topological polar surface area (TPSA) is 79.1 Å². The Bertz CT molecular complexity index is 1030. The number of ether oxygens (including phenoxy) is 3. The molecule has 7 nitrogen and oxygen atoms in total. The van der Waals surface area contributed by atoms with E-state index in [4.69, 9.17) is 14.2 Å². The van der Waals surface area contributed by atoms with Crippen LogP contribution < -0.4 is 15.0 Å². The molecule has 26 heavy (non-hydrogen) atoms. The molecule has 0 aliphatic rings. The van der Waals surface area contributed by atoms with Gasteiger partial charge in [-0.05, 0) is 30.7 Å². The molecular formula is C19H18N2O5. The van der Waals surface area contributed by atoms with E-state index in [-0.39, 0.29) is 17.7 Å². The predicted octanol–water partition coefficient (Wildman–Crippen LogP) is 2.38.